The smallest absolute Gasteiger partial charge is 0.395 e. The van der Waals surface area contributed by atoms with E-state index in [2.05, 4.69) is 14.6 Å². The molecule has 0 fully saturated rings. The summed E-state index contributed by atoms with van der Waals surface area (Å²) in [7, 11) is 1.64. The second-order valence-electron chi connectivity index (χ2n) is 8.32. The van der Waals surface area contributed by atoms with Gasteiger partial charge in [0, 0.05) is 49.5 Å². The molecule has 0 aliphatic carbocycles. The first-order valence-corrected chi connectivity index (χ1v) is 11.5. The number of nitrogens with zero attached hydrogens (tertiary/aromatic N) is 4. The van der Waals surface area contributed by atoms with E-state index < -0.39 is 12.2 Å². The van der Waals surface area contributed by atoms with Crippen molar-refractivity contribution in [2.45, 2.75) is 32.7 Å². The van der Waals surface area contributed by atoms with E-state index in [1.165, 1.54) is 23.1 Å². The van der Waals surface area contributed by atoms with Crippen molar-refractivity contribution in [3.05, 3.63) is 59.0 Å². The number of alkyl halides is 2. The highest BCUT2D eigenvalue weighted by molar-refractivity contribution is 6.07. The SMILES string of the molecule is CCN(C(=O)Cn1ncc2c(c1=O)c1ccccc1n2CCCOC)c1ccc2c(c1)OC(F)(F)O2. The molecule has 0 bridgehead atoms. The Morgan fingerprint density at radius 3 is 2.69 bits per heavy atom. The normalized spacial score (nSPS) is 14.0. The molecule has 1 amide bonds. The highest BCUT2D eigenvalue weighted by Crippen LogP contribution is 2.42. The van der Waals surface area contributed by atoms with Gasteiger partial charge >= 0.3 is 6.29 Å². The first-order valence-electron chi connectivity index (χ1n) is 11.5. The van der Waals surface area contributed by atoms with E-state index >= 15 is 0 Å². The summed E-state index contributed by atoms with van der Waals surface area (Å²) >= 11 is 0. The van der Waals surface area contributed by atoms with E-state index in [0.717, 1.165) is 22.0 Å². The maximum atomic E-state index is 13.5. The molecule has 9 nitrogen and oxygen atoms in total. The number of halogens is 2. The minimum absolute atomic E-state index is 0.113. The number of amides is 1. The number of methoxy groups -OCH3 is 1. The minimum atomic E-state index is -3.75. The van der Waals surface area contributed by atoms with E-state index in [1.54, 1.807) is 20.2 Å². The number of fused-ring (bicyclic) bond motifs is 4. The molecular formula is C25H24F2N4O5. The Hall–Kier alpha value is -3.99. The van der Waals surface area contributed by atoms with Gasteiger partial charge in [-0.15, -0.1) is 8.78 Å². The van der Waals surface area contributed by atoms with Gasteiger partial charge < -0.3 is 23.7 Å². The number of carbonyl (C=O) groups excluding carboxylic acids is 1. The Morgan fingerprint density at radius 1 is 1.14 bits per heavy atom. The molecule has 0 atom stereocenters. The van der Waals surface area contributed by atoms with E-state index in [1.807, 2.05) is 28.8 Å². The Balaban J connectivity index is 1.47. The van der Waals surface area contributed by atoms with Crippen LogP contribution in [0.15, 0.2) is 53.5 Å². The Kier molecular flexibility index (Phi) is 6.09. The van der Waals surface area contributed by atoms with Gasteiger partial charge in [-0.25, -0.2) is 4.68 Å². The van der Waals surface area contributed by atoms with Gasteiger partial charge in [0.25, 0.3) is 5.56 Å². The van der Waals surface area contributed by atoms with Crippen molar-refractivity contribution in [3.63, 3.8) is 0 Å². The van der Waals surface area contributed by atoms with Crippen LogP contribution >= 0.6 is 0 Å². The van der Waals surface area contributed by atoms with Gasteiger partial charge in [-0.05, 0) is 31.5 Å². The van der Waals surface area contributed by atoms with Crippen LogP contribution in [-0.4, -0.2) is 46.8 Å². The van der Waals surface area contributed by atoms with Crippen LogP contribution in [0, 0.1) is 0 Å². The van der Waals surface area contributed by atoms with Crippen molar-refractivity contribution < 1.29 is 27.8 Å². The van der Waals surface area contributed by atoms with Crippen LogP contribution in [0.25, 0.3) is 21.8 Å². The molecule has 188 valence electrons. The molecule has 2 aromatic heterocycles. The van der Waals surface area contributed by atoms with Crippen molar-refractivity contribution in [1.29, 1.82) is 0 Å². The lowest BCUT2D eigenvalue weighted by Crippen LogP contribution is -2.37. The van der Waals surface area contributed by atoms with Gasteiger partial charge in [-0.3, -0.25) is 9.59 Å². The minimum Gasteiger partial charge on any atom is -0.395 e. The average molecular weight is 498 g/mol. The van der Waals surface area contributed by atoms with E-state index in [0.29, 0.717) is 29.7 Å². The summed E-state index contributed by atoms with van der Waals surface area (Å²) in [5.41, 5.74) is 1.54. The quantitative estimate of drug-likeness (QED) is 0.344. The molecule has 3 heterocycles. The largest absolute Gasteiger partial charge is 0.586 e. The fourth-order valence-corrected chi connectivity index (χ4v) is 4.53. The number of ether oxygens (including phenoxy) is 3. The van der Waals surface area contributed by atoms with Gasteiger partial charge in [-0.1, -0.05) is 18.2 Å². The van der Waals surface area contributed by atoms with E-state index in [9.17, 15) is 18.4 Å². The lowest BCUT2D eigenvalue weighted by atomic mass is 10.2. The summed E-state index contributed by atoms with van der Waals surface area (Å²) in [6.45, 7) is 2.89. The predicted octanol–water partition coefficient (Wildman–Crippen LogP) is 3.76. The third-order valence-corrected chi connectivity index (χ3v) is 6.11. The number of hydrogen-bond acceptors (Lipinski definition) is 6. The van der Waals surface area contributed by atoms with Gasteiger partial charge in [0.2, 0.25) is 5.91 Å². The number of rotatable bonds is 8. The number of benzene rings is 2. The van der Waals surface area contributed by atoms with E-state index in [-0.39, 0.29) is 30.1 Å². The fourth-order valence-electron chi connectivity index (χ4n) is 4.53. The van der Waals surface area contributed by atoms with Crippen LogP contribution in [0.3, 0.4) is 0 Å². The second kappa shape index (κ2) is 9.23. The zero-order valence-electron chi connectivity index (χ0n) is 19.7. The van der Waals surface area contributed by atoms with Gasteiger partial charge in [0.05, 0.1) is 17.1 Å². The van der Waals surface area contributed by atoms with Crippen molar-refractivity contribution in [3.8, 4) is 11.5 Å². The highest BCUT2D eigenvalue weighted by Gasteiger charge is 2.43. The monoisotopic (exact) mass is 498 g/mol. The Bertz CT molecular complexity index is 1510. The standard InChI is InChI=1S/C25H24F2N4O5/c1-3-29(16-9-10-20-21(13-16)36-25(26,27)35-20)22(32)15-31-24(33)23-17-7-4-5-8-18(17)30(11-6-12-34-2)19(23)14-28-31/h4-5,7-10,13-14H,3,6,11-12,15H2,1-2H3. The zero-order valence-corrected chi connectivity index (χ0v) is 19.7. The molecule has 0 spiro atoms. The third kappa shape index (κ3) is 4.15. The predicted molar refractivity (Wildman–Crippen MR) is 129 cm³/mol. The van der Waals surface area contributed by atoms with Crippen molar-refractivity contribution in [1.82, 2.24) is 14.3 Å². The molecule has 5 rings (SSSR count). The van der Waals surface area contributed by atoms with Crippen molar-refractivity contribution in [2.24, 2.45) is 0 Å². The molecule has 11 heteroatoms. The van der Waals surface area contributed by atoms with Crippen LogP contribution in [0.4, 0.5) is 14.5 Å². The molecule has 0 unspecified atom stereocenters. The number of para-hydroxylation sites is 1. The van der Waals surface area contributed by atoms with Crippen LogP contribution < -0.4 is 19.9 Å². The molecule has 36 heavy (non-hydrogen) atoms. The molecule has 0 N–H and O–H groups in total. The molecule has 4 aromatic rings. The zero-order chi connectivity index (χ0) is 25.4. The number of aryl methyl sites for hydroxylation is 1. The lowest BCUT2D eigenvalue weighted by molar-refractivity contribution is -0.286. The molecule has 0 saturated carbocycles. The molecule has 1 aliphatic rings. The van der Waals surface area contributed by atoms with Gasteiger partial charge in [-0.2, -0.15) is 5.10 Å². The Labute approximate surface area is 204 Å². The average Bonchev–Trinajstić information content (AvgIpc) is 3.34. The van der Waals surface area contributed by atoms with Crippen LogP contribution in [0.2, 0.25) is 0 Å². The number of hydrogen-bond donors (Lipinski definition) is 0. The first kappa shape index (κ1) is 23.7. The van der Waals surface area contributed by atoms with Crippen LogP contribution in [0.5, 0.6) is 11.5 Å². The molecule has 0 radical (unpaired) electrons. The summed E-state index contributed by atoms with van der Waals surface area (Å²) in [6, 6.07) is 11.7. The fraction of sp³-hybridized carbons (Fsp3) is 0.320. The lowest BCUT2D eigenvalue weighted by Gasteiger charge is -2.21. The summed E-state index contributed by atoms with van der Waals surface area (Å²) in [5.74, 6) is -0.708. The summed E-state index contributed by atoms with van der Waals surface area (Å²) < 4.78 is 44.0. The van der Waals surface area contributed by atoms with Crippen molar-refractivity contribution in [2.75, 3.05) is 25.2 Å². The molecule has 2 aromatic carbocycles. The molecule has 0 saturated heterocycles. The van der Waals surface area contributed by atoms with Gasteiger partial charge in [0.1, 0.15) is 6.54 Å². The highest BCUT2D eigenvalue weighted by atomic mass is 19.3. The molecule has 1 aliphatic heterocycles. The number of aromatic nitrogens is 3. The number of likely N-dealkylation sites (N-methyl/N-ethyl adjacent to an activating group) is 1. The maximum Gasteiger partial charge on any atom is 0.586 e. The van der Waals surface area contributed by atoms with Crippen molar-refractivity contribution >= 4 is 33.4 Å². The molecular weight excluding hydrogens is 474 g/mol. The third-order valence-electron chi connectivity index (χ3n) is 6.11. The summed E-state index contributed by atoms with van der Waals surface area (Å²) in [4.78, 5) is 28.0. The van der Waals surface area contributed by atoms with Crippen LogP contribution in [-0.2, 0) is 22.6 Å². The first-order chi connectivity index (χ1) is 17.3. The maximum absolute atomic E-state index is 13.5. The Morgan fingerprint density at radius 2 is 1.92 bits per heavy atom. The van der Waals surface area contributed by atoms with Gasteiger partial charge in [0.15, 0.2) is 11.5 Å². The van der Waals surface area contributed by atoms with E-state index in [4.69, 9.17) is 4.74 Å². The second-order valence-corrected chi connectivity index (χ2v) is 8.32. The summed E-state index contributed by atoms with van der Waals surface area (Å²) in [6.07, 6.45) is -1.40. The van der Waals surface area contributed by atoms with Crippen LogP contribution in [0.1, 0.15) is 13.3 Å². The number of anilines is 1. The topological polar surface area (TPSA) is 87.8 Å². The summed E-state index contributed by atoms with van der Waals surface area (Å²) in [5, 5.41) is 5.54. The number of carbonyl (C=O) groups is 1.